The van der Waals surface area contributed by atoms with Gasteiger partial charge in [0, 0.05) is 12.2 Å². The molecule has 0 bridgehead atoms. The van der Waals surface area contributed by atoms with Crippen LogP contribution in [0.25, 0.3) is 5.65 Å². The molecule has 6 nitrogen and oxygen atoms in total. The number of nitrogens with zero attached hydrogens (tertiary/aromatic N) is 2. The van der Waals surface area contributed by atoms with E-state index in [2.05, 4.69) is 12.2 Å². The van der Waals surface area contributed by atoms with Crippen molar-refractivity contribution in [1.82, 2.24) is 14.7 Å². The van der Waals surface area contributed by atoms with Crippen LogP contribution in [-0.2, 0) is 6.42 Å². The molecule has 1 saturated carbocycles. The number of carbonyl (C=O) groups is 1. The lowest BCUT2D eigenvalue weighted by molar-refractivity contribution is 0.0915. The van der Waals surface area contributed by atoms with Gasteiger partial charge in [0.15, 0.2) is 11.4 Å². The van der Waals surface area contributed by atoms with Gasteiger partial charge >= 0.3 is 0 Å². The maximum atomic E-state index is 12.8. The minimum atomic E-state index is -0.303. The first-order valence-corrected chi connectivity index (χ1v) is 10.2. The van der Waals surface area contributed by atoms with Gasteiger partial charge in [-0.15, -0.1) is 0 Å². The lowest BCUT2D eigenvalue weighted by Crippen LogP contribution is -2.36. The van der Waals surface area contributed by atoms with Crippen LogP contribution in [0.4, 0.5) is 0 Å². The minimum Gasteiger partial charge on any atom is -0.489 e. The molecule has 0 aliphatic heterocycles. The van der Waals surface area contributed by atoms with Crippen LogP contribution >= 0.6 is 0 Å². The van der Waals surface area contributed by atoms with Crippen LogP contribution < -0.4 is 10.1 Å². The Bertz CT molecular complexity index is 765. The van der Waals surface area contributed by atoms with Gasteiger partial charge in [-0.2, -0.15) is 0 Å². The Morgan fingerprint density at radius 3 is 2.89 bits per heavy atom. The molecule has 0 radical (unpaired) electrons. The maximum absolute atomic E-state index is 12.8. The summed E-state index contributed by atoms with van der Waals surface area (Å²) in [7, 11) is 0. The van der Waals surface area contributed by atoms with Gasteiger partial charge in [-0.25, -0.2) is 4.98 Å². The number of aliphatic hydroxyl groups is 1. The molecule has 0 aromatic carbocycles. The van der Waals surface area contributed by atoms with E-state index >= 15 is 0 Å². The summed E-state index contributed by atoms with van der Waals surface area (Å²) in [5, 5.41) is 12.1. The molecular formula is C21H31N3O3. The summed E-state index contributed by atoms with van der Waals surface area (Å²) in [6.07, 6.45) is 9.84. The number of aliphatic hydroxyl groups excluding tert-OH is 1. The first-order valence-electron chi connectivity index (χ1n) is 10.2. The molecule has 2 aromatic rings. The third kappa shape index (κ3) is 4.61. The predicted molar refractivity (Wildman–Crippen MR) is 105 cm³/mol. The molecule has 3 rings (SSSR count). The third-order valence-corrected chi connectivity index (χ3v) is 5.24. The number of hydrogen-bond donors (Lipinski definition) is 2. The number of pyridine rings is 1. The van der Waals surface area contributed by atoms with E-state index < -0.39 is 0 Å². The van der Waals surface area contributed by atoms with Crippen molar-refractivity contribution in [3.05, 3.63) is 29.7 Å². The molecule has 1 atom stereocenters. The Hall–Kier alpha value is -2.08. The molecule has 2 aromatic heterocycles. The number of aromatic nitrogens is 2. The summed E-state index contributed by atoms with van der Waals surface area (Å²) in [6, 6.07) is 3.52. The fraction of sp³-hybridized carbons (Fsp3) is 0.619. The summed E-state index contributed by atoms with van der Waals surface area (Å²) in [5.74, 6) is 1.13. The number of imidazole rings is 1. The van der Waals surface area contributed by atoms with Crippen molar-refractivity contribution >= 4 is 11.6 Å². The van der Waals surface area contributed by atoms with Gasteiger partial charge in [-0.3, -0.25) is 9.20 Å². The van der Waals surface area contributed by atoms with Crippen molar-refractivity contribution in [2.75, 3.05) is 13.2 Å². The number of amides is 1. The smallest absolute Gasteiger partial charge is 0.270 e. The summed E-state index contributed by atoms with van der Waals surface area (Å²) in [6.45, 7) is 4.46. The van der Waals surface area contributed by atoms with Crippen LogP contribution in [-0.4, -0.2) is 39.7 Å². The van der Waals surface area contributed by atoms with Crippen molar-refractivity contribution < 1.29 is 14.6 Å². The fourth-order valence-electron chi connectivity index (χ4n) is 3.75. The van der Waals surface area contributed by atoms with Crippen LogP contribution in [0.5, 0.6) is 5.75 Å². The Morgan fingerprint density at radius 1 is 1.41 bits per heavy atom. The van der Waals surface area contributed by atoms with Crippen LogP contribution in [0, 0.1) is 5.92 Å². The minimum absolute atomic E-state index is 0.0959. The predicted octanol–water partition coefficient (Wildman–Crippen LogP) is 3.36. The van der Waals surface area contributed by atoms with E-state index in [1.54, 1.807) is 6.92 Å². The highest BCUT2D eigenvalue weighted by atomic mass is 16.5. The number of aryl methyl sites for hydroxylation is 1. The van der Waals surface area contributed by atoms with E-state index in [0.29, 0.717) is 23.9 Å². The number of nitrogens with one attached hydrogen (secondary N) is 1. The van der Waals surface area contributed by atoms with Crippen LogP contribution in [0.2, 0.25) is 0 Å². The SMILES string of the molecule is CCCc1nc2c(OCC3CCCCC3)cccn2c1C(=O)NC(C)CO. The second kappa shape index (κ2) is 9.22. The second-order valence-electron chi connectivity index (χ2n) is 7.60. The van der Waals surface area contributed by atoms with Gasteiger partial charge in [0.1, 0.15) is 5.69 Å². The van der Waals surface area contributed by atoms with Gasteiger partial charge in [-0.1, -0.05) is 32.6 Å². The molecule has 0 saturated heterocycles. The largest absolute Gasteiger partial charge is 0.489 e. The zero-order valence-electron chi connectivity index (χ0n) is 16.4. The summed E-state index contributed by atoms with van der Waals surface area (Å²) in [4.78, 5) is 17.5. The van der Waals surface area contributed by atoms with E-state index in [-0.39, 0.29) is 18.6 Å². The van der Waals surface area contributed by atoms with Gasteiger partial charge in [0.05, 0.1) is 18.9 Å². The number of carbonyl (C=O) groups excluding carboxylic acids is 1. The molecule has 1 unspecified atom stereocenters. The number of ether oxygens (including phenoxy) is 1. The third-order valence-electron chi connectivity index (χ3n) is 5.24. The molecule has 6 heteroatoms. The van der Waals surface area contributed by atoms with Crippen molar-refractivity contribution in [3.63, 3.8) is 0 Å². The van der Waals surface area contributed by atoms with Crippen molar-refractivity contribution in [2.45, 2.75) is 64.8 Å². The highest BCUT2D eigenvalue weighted by Crippen LogP contribution is 2.27. The average Bonchev–Trinajstić information content (AvgIpc) is 3.06. The highest BCUT2D eigenvalue weighted by Gasteiger charge is 2.22. The first-order chi connectivity index (χ1) is 13.1. The van der Waals surface area contributed by atoms with Gasteiger partial charge in [-0.05, 0) is 44.2 Å². The molecule has 27 heavy (non-hydrogen) atoms. The zero-order valence-corrected chi connectivity index (χ0v) is 16.4. The zero-order chi connectivity index (χ0) is 19.2. The van der Waals surface area contributed by atoms with Crippen LogP contribution in [0.1, 0.15) is 68.6 Å². The van der Waals surface area contributed by atoms with Gasteiger partial charge in [0.2, 0.25) is 0 Å². The molecule has 1 fully saturated rings. The standard InChI is InChI=1S/C21H31N3O3/c1-3-8-17-19(21(26)22-15(2)13-25)24-12-7-11-18(20(24)23-17)27-14-16-9-5-4-6-10-16/h7,11-12,15-16,25H,3-6,8-10,13-14H2,1-2H3,(H,22,26). The van der Waals surface area contributed by atoms with E-state index in [1.807, 2.05) is 22.7 Å². The number of hydrogen-bond acceptors (Lipinski definition) is 4. The van der Waals surface area contributed by atoms with Crippen LogP contribution in [0.3, 0.4) is 0 Å². The quantitative estimate of drug-likeness (QED) is 0.744. The van der Waals surface area contributed by atoms with E-state index in [0.717, 1.165) is 24.3 Å². The van der Waals surface area contributed by atoms with Gasteiger partial charge < -0.3 is 15.2 Å². The van der Waals surface area contributed by atoms with E-state index in [4.69, 9.17) is 9.72 Å². The Morgan fingerprint density at radius 2 is 2.19 bits per heavy atom. The normalized spacial score (nSPS) is 16.4. The topological polar surface area (TPSA) is 75.9 Å². The van der Waals surface area contributed by atoms with Gasteiger partial charge in [0.25, 0.3) is 5.91 Å². The van der Waals surface area contributed by atoms with E-state index in [1.165, 1.54) is 32.1 Å². The molecule has 148 valence electrons. The van der Waals surface area contributed by atoms with Crippen molar-refractivity contribution in [3.8, 4) is 5.75 Å². The summed E-state index contributed by atoms with van der Waals surface area (Å²) >= 11 is 0. The Balaban J connectivity index is 1.88. The monoisotopic (exact) mass is 373 g/mol. The average molecular weight is 373 g/mol. The molecule has 1 aliphatic rings. The van der Waals surface area contributed by atoms with Crippen molar-refractivity contribution in [2.24, 2.45) is 5.92 Å². The Kier molecular flexibility index (Phi) is 6.72. The lowest BCUT2D eigenvalue weighted by atomic mass is 9.90. The molecule has 2 heterocycles. The first kappa shape index (κ1) is 19.7. The van der Waals surface area contributed by atoms with Crippen molar-refractivity contribution in [1.29, 1.82) is 0 Å². The molecule has 1 amide bonds. The number of fused-ring (bicyclic) bond motifs is 1. The molecule has 0 spiro atoms. The maximum Gasteiger partial charge on any atom is 0.270 e. The number of rotatable bonds is 8. The molecule has 1 aliphatic carbocycles. The second-order valence-corrected chi connectivity index (χ2v) is 7.60. The molecular weight excluding hydrogens is 342 g/mol. The summed E-state index contributed by atoms with van der Waals surface area (Å²) in [5.41, 5.74) is 2.00. The fourth-order valence-corrected chi connectivity index (χ4v) is 3.75. The van der Waals surface area contributed by atoms with E-state index in [9.17, 15) is 9.90 Å². The lowest BCUT2D eigenvalue weighted by Gasteiger charge is -2.21. The molecule has 2 N–H and O–H groups in total. The summed E-state index contributed by atoms with van der Waals surface area (Å²) < 4.78 is 7.95. The Labute approximate surface area is 160 Å². The highest BCUT2D eigenvalue weighted by molar-refractivity contribution is 5.95. The van der Waals surface area contributed by atoms with Crippen LogP contribution in [0.15, 0.2) is 18.3 Å².